The second kappa shape index (κ2) is 9.75. The highest BCUT2D eigenvalue weighted by atomic mass is 32.2. The minimum Gasteiger partial charge on any atom is -0.452 e. The van der Waals surface area contributed by atoms with Crippen LogP contribution < -0.4 is 5.32 Å². The predicted octanol–water partition coefficient (Wildman–Crippen LogP) is 2.36. The average molecular weight is 414 g/mol. The molecule has 0 radical (unpaired) electrons. The molecule has 2 aromatic rings. The number of thioether (sulfide) groups is 1. The Bertz CT molecular complexity index is 847. The van der Waals surface area contributed by atoms with Crippen molar-refractivity contribution in [1.82, 2.24) is 5.32 Å². The molecular formula is C17H19NO5S3. The van der Waals surface area contributed by atoms with Gasteiger partial charge in [0.15, 0.2) is 16.4 Å². The van der Waals surface area contributed by atoms with E-state index in [9.17, 15) is 18.0 Å². The smallest absolute Gasteiger partial charge is 0.339 e. The molecule has 140 valence electrons. The molecule has 6 nitrogen and oxygen atoms in total. The van der Waals surface area contributed by atoms with Crippen LogP contribution in [0, 0.1) is 0 Å². The van der Waals surface area contributed by atoms with Crippen LogP contribution in [0.4, 0.5) is 0 Å². The molecule has 0 saturated heterocycles. The van der Waals surface area contributed by atoms with E-state index in [-0.39, 0.29) is 10.5 Å². The fraction of sp³-hybridized carbons (Fsp3) is 0.294. The first-order valence-electron chi connectivity index (χ1n) is 7.71. The molecule has 0 aliphatic carbocycles. The van der Waals surface area contributed by atoms with Crippen molar-refractivity contribution in [3.63, 3.8) is 0 Å². The Morgan fingerprint density at radius 2 is 1.96 bits per heavy atom. The van der Waals surface area contributed by atoms with Crippen molar-refractivity contribution in [2.24, 2.45) is 0 Å². The molecule has 0 aliphatic heterocycles. The third-order valence-electron chi connectivity index (χ3n) is 3.23. The molecule has 1 aromatic carbocycles. The van der Waals surface area contributed by atoms with Crippen LogP contribution in [0.15, 0.2) is 46.7 Å². The molecular weight excluding hydrogens is 394 g/mol. The SMILES string of the molecule is CS(=O)(=O)c1ccccc1C(=O)OCC(=O)NCCSCc1cccs1. The lowest BCUT2D eigenvalue weighted by molar-refractivity contribution is -0.124. The number of hydrogen-bond donors (Lipinski definition) is 1. The van der Waals surface area contributed by atoms with Crippen molar-refractivity contribution in [3.8, 4) is 0 Å². The highest BCUT2D eigenvalue weighted by Crippen LogP contribution is 2.17. The van der Waals surface area contributed by atoms with Gasteiger partial charge in [-0.15, -0.1) is 11.3 Å². The van der Waals surface area contributed by atoms with E-state index in [2.05, 4.69) is 11.4 Å². The number of amides is 1. The molecule has 0 unspecified atom stereocenters. The molecule has 1 aromatic heterocycles. The summed E-state index contributed by atoms with van der Waals surface area (Å²) in [6, 6.07) is 9.81. The van der Waals surface area contributed by atoms with Crippen molar-refractivity contribution in [2.45, 2.75) is 10.6 Å². The fourth-order valence-corrected chi connectivity index (χ4v) is 4.62. The maximum atomic E-state index is 12.1. The van der Waals surface area contributed by atoms with Crippen LogP contribution in [0.3, 0.4) is 0 Å². The monoisotopic (exact) mass is 413 g/mol. The Hall–Kier alpha value is -1.84. The molecule has 0 bridgehead atoms. The second-order valence-electron chi connectivity index (χ2n) is 5.33. The number of hydrogen-bond acceptors (Lipinski definition) is 7. The minimum absolute atomic E-state index is 0.0747. The number of ether oxygens (including phenoxy) is 1. The highest BCUT2D eigenvalue weighted by molar-refractivity contribution is 7.98. The highest BCUT2D eigenvalue weighted by Gasteiger charge is 2.19. The molecule has 0 saturated carbocycles. The second-order valence-corrected chi connectivity index (χ2v) is 9.45. The molecule has 0 atom stereocenters. The Labute approximate surface area is 160 Å². The van der Waals surface area contributed by atoms with E-state index < -0.39 is 28.3 Å². The Morgan fingerprint density at radius 3 is 2.65 bits per heavy atom. The van der Waals surface area contributed by atoms with Gasteiger partial charge in [0.2, 0.25) is 0 Å². The van der Waals surface area contributed by atoms with Crippen LogP contribution in [-0.2, 0) is 25.1 Å². The largest absolute Gasteiger partial charge is 0.452 e. The van der Waals surface area contributed by atoms with Gasteiger partial charge in [-0.25, -0.2) is 13.2 Å². The van der Waals surface area contributed by atoms with Crippen molar-refractivity contribution >= 4 is 44.8 Å². The van der Waals surface area contributed by atoms with Crippen LogP contribution in [0.5, 0.6) is 0 Å². The van der Waals surface area contributed by atoms with E-state index in [4.69, 9.17) is 4.74 Å². The summed E-state index contributed by atoms with van der Waals surface area (Å²) in [6.45, 7) is 0.0128. The standard InChI is InChI=1S/C17H19NO5S3/c1-26(21,22)15-7-3-2-6-14(15)17(20)23-11-16(19)18-8-10-24-12-13-5-4-9-25-13/h2-7,9H,8,10-12H2,1H3,(H,18,19). The number of esters is 1. The first-order chi connectivity index (χ1) is 12.4. The zero-order chi connectivity index (χ0) is 19.0. The van der Waals surface area contributed by atoms with Crippen molar-refractivity contribution in [2.75, 3.05) is 25.2 Å². The van der Waals surface area contributed by atoms with Crippen molar-refractivity contribution in [1.29, 1.82) is 0 Å². The van der Waals surface area contributed by atoms with E-state index in [1.807, 2.05) is 11.4 Å². The normalized spacial score (nSPS) is 11.1. The van der Waals surface area contributed by atoms with Gasteiger partial charge in [0.05, 0.1) is 10.5 Å². The Kier molecular flexibility index (Phi) is 7.67. The topological polar surface area (TPSA) is 89.5 Å². The van der Waals surface area contributed by atoms with Gasteiger partial charge in [-0.3, -0.25) is 4.79 Å². The first-order valence-corrected chi connectivity index (χ1v) is 11.6. The number of benzene rings is 1. The molecule has 1 N–H and O–H groups in total. The number of sulfone groups is 1. The summed E-state index contributed by atoms with van der Waals surface area (Å²) in [5.74, 6) is 0.374. The Balaban J connectivity index is 1.73. The van der Waals surface area contributed by atoms with Crippen LogP contribution in [-0.4, -0.2) is 45.5 Å². The lowest BCUT2D eigenvalue weighted by Crippen LogP contribution is -2.30. The maximum absolute atomic E-state index is 12.1. The molecule has 2 rings (SSSR count). The van der Waals surface area contributed by atoms with Crippen LogP contribution in [0.1, 0.15) is 15.2 Å². The van der Waals surface area contributed by atoms with E-state index in [0.717, 1.165) is 17.8 Å². The van der Waals surface area contributed by atoms with Gasteiger partial charge in [-0.1, -0.05) is 18.2 Å². The van der Waals surface area contributed by atoms with Crippen LogP contribution >= 0.6 is 23.1 Å². The van der Waals surface area contributed by atoms with E-state index >= 15 is 0 Å². The van der Waals surface area contributed by atoms with Gasteiger partial charge in [0.25, 0.3) is 5.91 Å². The third-order valence-corrected chi connectivity index (χ3v) is 6.46. The van der Waals surface area contributed by atoms with E-state index in [1.54, 1.807) is 23.1 Å². The fourth-order valence-electron chi connectivity index (χ4n) is 2.05. The summed E-state index contributed by atoms with van der Waals surface area (Å²) in [5.41, 5.74) is -0.0747. The van der Waals surface area contributed by atoms with Gasteiger partial charge in [0, 0.05) is 29.2 Å². The number of carbonyl (C=O) groups excluding carboxylic acids is 2. The zero-order valence-electron chi connectivity index (χ0n) is 14.1. The summed E-state index contributed by atoms with van der Waals surface area (Å²) in [5, 5.41) is 4.68. The molecule has 0 spiro atoms. The quantitative estimate of drug-likeness (QED) is 0.501. The summed E-state index contributed by atoms with van der Waals surface area (Å²) >= 11 is 3.39. The third kappa shape index (κ3) is 6.47. The van der Waals surface area contributed by atoms with Gasteiger partial charge in [-0.05, 0) is 23.6 Å². The minimum atomic E-state index is -3.56. The van der Waals surface area contributed by atoms with Gasteiger partial charge >= 0.3 is 5.97 Å². The summed E-state index contributed by atoms with van der Waals surface area (Å²) in [6.07, 6.45) is 1.01. The van der Waals surface area contributed by atoms with Crippen LogP contribution in [0.25, 0.3) is 0 Å². The van der Waals surface area contributed by atoms with E-state index in [0.29, 0.717) is 6.54 Å². The molecule has 9 heteroatoms. The molecule has 26 heavy (non-hydrogen) atoms. The first kappa shape index (κ1) is 20.5. The van der Waals surface area contributed by atoms with Crippen molar-refractivity contribution < 1.29 is 22.7 Å². The Morgan fingerprint density at radius 1 is 1.19 bits per heavy atom. The van der Waals surface area contributed by atoms with Gasteiger partial charge in [-0.2, -0.15) is 11.8 Å². The average Bonchev–Trinajstić information content (AvgIpc) is 3.12. The number of nitrogens with one attached hydrogen (secondary N) is 1. The van der Waals surface area contributed by atoms with E-state index in [1.165, 1.54) is 29.1 Å². The maximum Gasteiger partial charge on any atom is 0.339 e. The van der Waals surface area contributed by atoms with Crippen LogP contribution in [0.2, 0.25) is 0 Å². The zero-order valence-corrected chi connectivity index (χ0v) is 16.6. The predicted molar refractivity (Wildman–Crippen MR) is 103 cm³/mol. The molecule has 1 heterocycles. The summed E-state index contributed by atoms with van der Waals surface area (Å²) in [4.78, 5) is 25.0. The molecule has 0 aliphatic rings. The van der Waals surface area contributed by atoms with Gasteiger partial charge in [0.1, 0.15) is 0 Å². The van der Waals surface area contributed by atoms with Gasteiger partial charge < -0.3 is 10.1 Å². The molecule has 1 amide bonds. The number of carbonyl (C=O) groups is 2. The number of thiophene rings is 1. The lowest BCUT2D eigenvalue weighted by Gasteiger charge is -2.09. The number of rotatable bonds is 9. The molecule has 0 fully saturated rings. The van der Waals surface area contributed by atoms with Crippen molar-refractivity contribution in [3.05, 3.63) is 52.2 Å². The summed E-state index contributed by atoms with van der Waals surface area (Å²) < 4.78 is 28.3. The summed E-state index contributed by atoms with van der Waals surface area (Å²) in [7, 11) is -3.56. The lowest BCUT2D eigenvalue weighted by atomic mass is 10.2.